The number of carboxylic acids is 3. The fraction of sp³-hybridized carbons (Fsp3) is 0.667. The molecule has 0 fully saturated rings. The largest absolute Gasteiger partial charge is 3.00 e. The molecule has 0 aliphatic heterocycles. The quantitative estimate of drug-likeness (QED) is 0.185. The maximum absolute atomic E-state index is 9.14. The Hall–Kier alpha value is -1.53. The van der Waals surface area contributed by atoms with Crippen molar-refractivity contribution < 1.29 is 61.0 Å². The van der Waals surface area contributed by atoms with Crippen LogP contribution in [-0.4, -0.2) is 29.6 Å². The van der Waals surface area contributed by atoms with E-state index in [1.807, 2.05) is 0 Å². The molecule has 0 heterocycles. The molecule has 0 bridgehead atoms. The monoisotopic (exact) mass is 573 g/mol. The van der Waals surface area contributed by atoms with E-state index in [0.29, 0.717) is 6.61 Å². The Morgan fingerprint density at radius 3 is 0.857 bits per heavy atom. The van der Waals surface area contributed by atoms with Gasteiger partial charge < -0.3 is 34.8 Å². The maximum atomic E-state index is 9.14. The summed E-state index contributed by atoms with van der Waals surface area (Å²) in [6.45, 7) is 11.4. The van der Waals surface area contributed by atoms with Crippen molar-refractivity contribution in [1.82, 2.24) is 0 Å². The molecule has 0 saturated heterocycles. The number of hydrogen-bond acceptors (Lipinski definition) is 7. The van der Waals surface area contributed by atoms with Gasteiger partial charge in [-0.15, -0.1) is 0 Å². The van der Waals surface area contributed by atoms with Crippen molar-refractivity contribution >= 4 is 17.9 Å². The second-order valence-corrected chi connectivity index (χ2v) is 7.60. The number of aliphatic hydroxyl groups is 1. The van der Waals surface area contributed by atoms with E-state index in [-0.39, 0.29) is 26.2 Å². The van der Waals surface area contributed by atoms with Crippen LogP contribution in [0.5, 0.6) is 0 Å². The molecule has 7 nitrogen and oxygen atoms in total. The Labute approximate surface area is 232 Å². The van der Waals surface area contributed by atoms with Crippen molar-refractivity contribution in [1.29, 1.82) is 0 Å². The standard InChI is InChI=1S/C18H38O.3C3H4O2.Zr/c1-2-3-4-5-6-7-8-9-10-11-12-13-14-15-16-17-18-19;3*1-2-3(4)5;/h19H,2-18H2,1H3;3*2H,1H2,(H,4,5);/q;;;;+3/p-3. The molecule has 0 aromatic rings. The van der Waals surface area contributed by atoms with Gasteiger partial charge in [-0.25, -0.2) is 0 Å². The van der Waals surface area contributed by atoms with Gasteiger partial charge in [0.25, 0.3) is 0 Å². The molecule has 0 aliphatic rings. The average molecular weight is 575 g/mol. The van der Waals surface area contributed by atoms with Crippen molar-refractivity contribution in [3.8, 4) is 0 Å². The van der Waals surface area contributed by atoms with E-state index in [2.05, 4.69) is 26.7 Å². The molecular formula is C27H47O7Zr. The zero-order valence-corrected chi connectivity index (χ0v) is 24.2. The molecule has 8 heteroatoms. The summed E-state index contributed by atoms with van der Waals surface area (Å²) >= 11 is 0. The minimum absolute atomic E-state index is 0. The molecule has 1 N–H and O–H groups in total. The molecule has 0 aromatic carbocycles. The molecule has 201 valence electrons. The predicted molar refractivity (Wildman–Crippen MR) is 132 cm³/mol. The summed E-state index contributed by atoms with van der Waals surface area (Å²) in [6.07, 6.45) is 24.3. The van der Waals surface area contributed by atoms with Crippen LogP contribution in [0.1, 0.15) is 110 Å². The van der Waals surface area contributed by atoms with Crippen LogP contribution in [0.4, 0.5) is 0 Å². The second-order valence-electron chi connectivity index (χ2n) is 7.60. The zero-order valence-electron chi connectivity index (χ0n) is 21.8. The topological polar surface area (TPSA) is 141 Å². The molecule has 0 atom stereocenters. The molecule has 0 spiro atoms. The summed E-state index contributed by atoms with van der Waals surface area (Å²) in [4.78, 5) is 27.4. The van der Waals surface area contributed by atoms with Crippen LogP contribution >= 0.6 is 0 Å². The van der Waals surface area contributed by atoms with E-state index < -0.39 is 17.9 Å². The normalized spacial score (nSPS) is 8.74. The maximum Gasteiger partial charge on any atom is 3.00 e. The molecule has 0 amide bonds. The first kappa shape index (κ1) is 43.5. The Kier molecular flexibility index (Phi) is 53.0. The van der Waals surface area contributed by atoms with E-state index in [1.165, 1.54) is 96.3 Å². The number of carbonyl (C=O) groups excluding carboxylic acids is 3. The third-order valence-corrected chi connectivity index (χ3v) is 4.51. The molecular weight excluding hydrogens is 528 g/mol. The van der Waals surface area contributed by atoms with Crippen LogP contribution in [0, 0.1) is 0 Å². The number of hydrogen-bond donors (Lipinski definition) is 1. The van der Waals surface area contributed by atoms with Crippen molar-refractivity contribution in [2.45, 2.75) is 110 Å². The number of carboxylic acid groups (broad SMARTS) is 3. The van der Waals surface area contributed by atoms with Gasteiger partial charge in [0, 0.05) is 6.61 Å². The van der Waals surface area contributed by atoms with Gasteiger partial charge in [0.2, 0.25) is 0 Å². The van der Waals surface area contributed by atoms with Crippen LogP contribution < -0.4 is 15.3 Å². The number of aliphatic hydroxyl groups excluding tert-OH is 1. The number of carbonyl (C=O) groups is 3. The molecule has 1 radical (unpaired) electrons. The van der Waals surface area contributed by atoms with Crippen LogP contribution in [0.25, 0.3) is 0 Å². The first-order valence-electron chi connectivity index (χ1n) is 12.3. The smallest absolute Gasteiger partial charge is 0.545 e. The number of aliphatic carboxylic acids is 3. The van der Waals surface area contributed by atoms with Gasteiger partial charge in [-0.05, 0) is 24.6 Å². The van der Waals surface area contributed by atoms with E-state index in [9.17, 15) is 0 Å². The van der Waals surface area contributed by atoms with Crippen molar-refractivity contribution in [2.24, 2.45) is 0 Å². The third kappa shape index (κ3) is 71.9. The third-order valence-electron chi connectivity index (χ3n) is 4.51. The van der Waals surface area contributed by atoms with Crippen molar-refractivity contribution in [3.63, 3.8) is 0 Å². The molecule has 0 aliphatic carbocycles. The summed E-state index contributed by atoms with van der Waals surface area (Å²) in [5, 5.41) is 36.1. The fourth-order valence-corrected chi connectivity index (χ4v) is 2.66. The summed E-state index contributed by atoms with van der Waals surface area (Å²) in [5.41, 5.74) is 0. The van der Waals surface area contributed by atoms with Gasteiger partial charge in [-0.1, -0.05) is 123 Å². The van der Waals surface area contributed by atoms with Crippen molar-refractivity contribution in [2.75, 3.05) is 6.61 Å². The van der Waals surface area contributed by atoms with Gasteiger partial charge in [-0.2, -0.15) is 0 Å². The SMILES string of the molecule is C=CC(=O)[O-].C=CC(=O)[O-].C=CC(=O)[O-].CCCCCCCCCCCCCCCCCCO.[Zr+3]. The predicted octanol–water partition coefficient (Wildman–Crippen LogP) is 3.00. The molecule has 35 heavy (non-hydrogen) atoms. The van der Waals surface area contributed by atoms with E-state index >= 15 is 0 Å². The van der Waals surface area contributed by atoms with E-state index in [1.54, 1.807) is 0 Å². The Morgan fingerprint density at radius 1 is 0.543 bits per heavy atom. The molecule has 0 unspecified atom stereocenters. The Morgan fingerprint density at radius 2 is 0.714 bits per heavy atom. The minimum atomic E-state index is -1.23. The van der Waals surface area contributed by atoms with Gasteiger partial charge >= 0.3 is 26.2 Å². The van der Waals surface area contributed by atoms with Gasteiger partial charge in [0.15, 0.2) is 0 Å². The first-order chi connectivity index (χ1) is 16.2. The van der Waals surface area contributed by atoms with Crippen LogP contribution in [0.15, 0.2) is 38.0 Å². The van der Waals surface area contributed by atoms with Gasteiger partial charge in [0.05, 0.1) is 17.9 Å². The van der Waals surface area contributed by atoms with Crippen molar-refractivity contribution in [3.05, 3.63) is 38.0 Å². The average Bonchev–Trinajstić information content (AvgIpc) is 2.82. The summed E-state index contributed by atoms with van der Waals surface area (Å²) in [7, 11) is 0. The Bertz CT molecular complexity index is 435. The summed E-state index contributed by atoms with van der Waals surface area (Å²) < 4.78 is 0. The second kappa shape index (κ2) is 42.6. The number of unbranched alkanes of at least 4 members (excludes halogenated alkanes) is 15. The fourth-order valence-electron chi connectivity index (χ4n) is 2.66. The van der Waals surface area contributed by atoms with Crippen LogP contribution in [0.3, 0.4) is 0 Å². The van der Waals surface area contributed by atoms with Gasteiger partial charge in [-0.3, -0.25) is 0 Å². The minimum Gasteiger partial charge on any atom is -0.545 e. The number of rotatable bonds is 19. The van der Waals surface area contributed by atoms with Gasteiger partial charge in [0.1, 0.15) is 0 Å². The molecule has 0 rings (SSSR count). The van der Waals surface area contributed by atoms with E-state index in [0.717, 1.165) is 24.6 Å². The zero-order chi connectivity index (χ0) is 26.9. The summed E-state index contributed by atoms with van der Waals surface area (Å²) in [6, 6.07) is 0. The van der Waals surface area contributed by atoms with E-state index in [4.69, 9.17) is 34.8 Å². The Balaban J connectivity index is -0.000000152. The molecule has 0 saturated carbocycles. The van der Waals surface area contributed by atoms with Crippen LogP contribution in [0.2, 0.25) is 0 Å². The first-order valence-corrected chi connectivity index (χ1v) is 12.3. The molecule has 0 aromatic heterocycles. The summed E-state index contributed by atoms with van der Waals surface area (Å²) in [5.74, 6) is -3.69. The van der Waals surface area contributed by atoms with Crippen LogP contribution in [-0.2, 0) is 40.6 Å².